The fraction of sp³-hybridized carbons (Fsp3) is 0. The van der Waals surface area contributed by atoms with Crippen molar-refractivity contribution in [3.63, 3.8) is 0 Å². The monoisotopic (exact) mass is 716 g/mol. The highest BCUT2D eigenvalue weighted by molar-refractivity contribution is 6.19. The van der Waals surface area contributed by atoms with Crippen LogP contribution in [0.15, 0.2) is 199 Å². The molecule has 0 saturated heterocycles. The van der Waals surface area contributed by atoms with Crippen LogP contribution in [0.1, 0.15) is 0 Å². The molecule has 8 aromatic carbocycles. The Labute approximate surface area is 322 Å². The molecule has 11 aromatic rings. The second-order valence-electron chi connectivity index (χ2n) is 14.0. The third-order valence-corrected chi connectivity index (χ3v) is 10.7. The van der Waals surface area contributed by atoms with Gasteiger partial charge in [-0.3, -0.25) is 0 Å². The smallest absolute Gasteiger partial charge is 0.164 e. The highest BCUT2D eigenvalue weighted by atomic mass is 16.3. The second kappa shape index (κ2) is 13.0. The third kappa shape index (κ3) is 5.21. The lowest BCUT2D eigenvalue weighted by molar-refractivity contribution is 0.669. The standard InChI is InChI=1S/C51H32N4O/c1-4-16-33(17-5-1)42-32-36(51-53-49(34-18-6-2-7-19-34)52-50(54-51)35-20-8-3-9-21-35)30-31-44(42)55-43-27-12-10-22-37(43)39-25-14-26-40(48(39)55)38-24-15-29-46-47(38)41-23-11-13-28-45(41)56-46/h1-32H. The third-order valence-electron chi connectivity index (χ3n) is 10.7. The van der Waals surface area contributed by atoms with Gasteiger partial charge in [0.25, 0.3) is 0 Å². The Balaban J connectivity index is 1.19. The zero-order valence-corrected chi connectivity index (χ0v) is 30.2. The van der Waals surface area contributed by atoms with E-state index in [-0.39, 0.29) is 0 Å². The van der Waals surface area contributed by atoms with E-state index >= 15 is 0 Å². The van der Waals surface area contributed by atoms with Crippen LogP contribution in [0.5, 0.6) is 0 Å². The molecule has 262 valence electrons. The number of aromatic nitrogens is 4. The Kier molecular flexibility index (Phi) is 7.42. The molecule has 0 fully saturated rings. The molecule has 0 spiro atoms. The minimum atomic E-state index is 0.614. The minimum absolute atomic E-state index is 0.614. The number of fused-ring (bicyclic) bond motifs is 6. The molecule has 0 atom stereocenters. The van der Waals surface area contributed by atoms with Crippen molar-refractivity contribution in [3.05, 3.63) is 194 Å². The summed E-state index contributed by atoms with van der Waals surface area (Å²) >= 11 is 0. The topological polar surface area (TPSA) is 56.7 Å². The van der Waals surface area contributed by atoms with Gasteiger partial charge in [0.1, 0.15) is 11.2 Å². The van der Waals surface area contributed by atoms with Gasteiger partial charge in [-0.25, -0.2) is 15.0 Å². The van der Waals surface area contributed by atoms with E-state index in [2.05, 4.69) is 126 Å². The minimum Gasteiger partial charge on any atom is -0.456 e. The molecule has 0 bridgehead atoms. The molecule has 0 N–H and O–H groups in total. The van der Waals surface area contributed by atoms with E-state index in [0.29, 0.717) is 17.5 Å². The average Bonchev–Trinajstić information content (AvgIpc) is 3.83. The van der Waals surface area contributed by atoms with Gasteiger partial charge in [-0.1, -0.05) is 158 Å². The lowest BCUT2D eigenvalue weighted by Crippen LogP contribution is -2.02. The summed E-state index contributed by atoms with van der Waals surface area (Å²) in [6.07, 6.45) is 0. The van der Waals surface area contributed by atoms with Gasteiger partial charge in [-0.15, -0.1) is 0 Å². The Morgan fingerprint density at radius 3 is 1.61 bits per heavy atom. The SMILES string of the molecule is c1ccc(-c2nc(-c3ccccc3)nc(-c3ccc(-n4c5ccccc5c5cccc(-c6cccc7oc8ccccc8c67)c54)c(-c4ccccc4)c3)n2)cc1. The molecule has 11 rings (SSSR count). The van der Waals surface area contributed by atoms with Crippen LogP contribution in [0.4, 0.5) is 0 Å². The number of hydrogen-bond donors (Lipinski definition) is 0. The van der Waals surface area contributed by atoms with Gasteiger partial charge in [-0.2, -0.15) is 0 Å². The number of benzene rings is 8. The lowest BCUT2D eigenvalue weighted by Gasteiger charge is -2.18. The number of hydrogen-bond acceptors (Lipinski definition) is 4. The molecule has 3 aromatic heterocycles. The normalized spacial score (nSPS) is 11.6. The number of furan rings is 1. The summed E-state index contributed by atoms with van der Waals surface area (Å²) in [6.45, 7) is 0. The van der Waals surface area contributed by atoms with E-state index in [1.54, 1.807) is 0 Å². The molecule has 0 saturated carbocycles. The maximum absolute atomic E-state index is 6.38. The van der Waals surface area contributed by atoms with E-state index in [1.165, 1.54) is 10.8 Å². The van der Waals surface area contributed by atoms with Gasteiger partial charge in [0.15, 0.2) is 17.5 Å². The molecule has 5 nitrogen and oxygen atoms in total. The summed E-state index contributed by atoms with van der Waals surface area (Å²) in [5.41, 5.74) is 12.3. The van der Waals surface area contributed by atoms with Crippen LogP contribution in [-0.2, 0) is 0 Å². The molecule has 56 heavy (non-hydrogen) atoms. The first-order valence-electron chi connectivity index (χ1n) is 18.8. The molecule has 0 radical (unpaired) electrons. The second-order valence-corrected chi connectivity index (χ2v) is 14.0. The van der Waals surface area contributed by atoms with Crippen molar-refractivity contribution in [2.45, 2.75) is 0 Å². The zero-order chi connectivity index (χ0) is 37.0. The maximum atomic E-state index is 6.38. The van der Waals surface area contributed by atoms with Crippen molar-refractivity contribution in [1.29, 1.82) is 0 Å². The van der Waals surface area contributed by atoms with Gasteiger partial charge in [0, 0.05) is 49.4 Å². The molecular weight excluding hydrogens is 685 g/mol. The van der Waals surface area contributed by atoms with E-state index in [1.807, 2.05) is 72.8 Å². The van der Waals surface area contributed by atoms with Crippen LogP contribution in [0.3, 0.4) is 0 Å². The van der Waals surface area contributed by atoms with Crippen molar-refractivity contribution in [3.8, 4) is 62.1 Å². The van der Waals surface area contributed by atoms with Gasteiger partial charge < -0.3 is 8.98 Å². The summed E-state index contributed by atoms with van der Waals surface area (Å²) in [7, 11) is 0. The van der Waals surface area contributed by atoms with Crippen LogP contribution >= 0.6 is 0 Å². The fourth-order valence-electron chi connectivity index (χ4n) is 8.14. The van der Waals surface area contributed by atoms with Gasteiger partial charge >= 0.3 is 0 Å². The molecule has 0 amide bonds. The maximum Gasteiger partial charge on any atom is 0.164 e. The molecule has 5 heteroatoms. The lowest BCUT2D eigenvalue weighted by atomic mass is 9.96. The zero-order valence-electron chi connectivity index (χ0n) is 30.2. The van der Waals surface area contributed by atoms with E-state index < -0.39 is 0 Å². The van der Waals surface area contributed by atoms with Gasteiger partial charge in [-0.05, 0) is 47.5 Å². The van der Waals surface area contributed by atoms with Crippen molar-refractivity contribution in [2.75, 3.05) is 0 Å². The highest BCUT2D eigenvalue weighted by Crippen LogP contribution is 2.44. The van der Waals surface area contributed by atoms with Crippen LogP contribution in [0, 0.1) is 0 Å². The largest absolute Gasteiger partial charge is 0.456 e. The first kappa shape index (κ1) is 31.9. The van der Waals surface area contributed by atoms with Gasteiger partial charge in [0.05, 0.1) is 16.7 Å². The quantitative estimate of drug-likeness (QED) is 0.172. The molecule has 0 aliphatic carbocycles. The first-order chi connectivity index (χ1) is 27.8. The number of nitrogens with zero attached hydrogens (tertiary/aromatic N) is 4. The Hall–Kier alpha value is -7.63. The molecule has 0 aliphatic heterocycles. The highest BCUT2D eigenvalue weighted by Gasteiger charge is 2.22. The van der Waals surface area contributed by atoms with Crippen LogP contribution in [0.2, 0.25) is 0 Å². The number of rotatable bonds is 6. The molecular formula is C51H32N4O. The van der Waals surface area contributed by atoms with Crippen molar-refractivity contribution >= 4 is 43.7 Å². The summed E-state index contributed by atoms with van der Waals surface area (Å²) < 4.78 is 8.82. The predicted octanol–water partition coefficient (Wildman–Crippen LogP) is 13.2. The van der Waals surface area contributed by atoms with Crippen LogP contribution in [0.25, 0.3) is 106 Å². The Bertz CT molecular complexity index is 3180. The average molecular weight is 717 g/mol. The summed E-state index contributed by atoms with van der Waals surface area (Å²) in [5, 5.41) is 4.59. The van der Waals surface area contributed by atoms with E-state index in [4.69, 9.17) is 19.4 Å². The van der Waals surface area contributed by atoms with Crippen LogP contribution in [-0.4, -0.2) is 19.5 Å². The fourth-order valence-corrected chi connectivity index (χ4v) is 8.14. The molecule has 3 heterocycles. The Morgan fingerprint density at radius 2 is 0.893 bits per heavy atom. The predicted molar refractivity (Wildman–Crippen MR) is 229 cm³/mol. The Morgan fingerprint density at radius 1 is 0.357 bits per heavy atom. The summed E-state index contributed by atoms with van der Waals surface area (Å²) in [5.74, 6) is 1.88. The van der Waals surface area contributed by atoms with E-state index in [9.17, 15) is 0 Å². The molecule has 0 unspecified atom stereocenters. The molecule has 0 aliphatic rings. The number of para-hydroxylation sites is 3. The first-order valence-corrected chi connectivity index (χ1v) is 18.8. The van der Waals surface area contributed by atoms with Crippen molar-refractivity contribution in [1.82, 2.24) is 19.5 Å². The van der Waals surface area contributed by atoms with Gasteiger partial charge in [0.2, 0.25) is 0 Å². The van der Waals surface area contributed by atoms with Crippen LogP contribution < -0.4 is 0 Å². The summed E-state index contributed by atoms with van der Waals surface area (Å²) in [6, 6.07) is 67.5. The van der Waals surface area contributed by atoms with E-state index in [0.717, 1.165) is 77.6 Å². The summed E-state index contributed by atoms with van der Waals surface area (Å²) in [4.78, 5) is 15.1. The van der Waals surface area contributed by atoms with Crippen molar-refractivity contribution < 1.29 is 4.42 Å². The van der Waals surface area contributed by atoms with Crippen molar-refractivity contribution in [2.24, 2.45) is 0 Å².